The Kier molecular flexibility index (Phi) is 6.53. The molecule has 3 aromatic rings. The predicted octanol–water partition coefficient (Wildman–Crippen LogP) is 3.92. The Morgan fingerprint density at radius 1 is 1.09 bits per heavy atom. The van der Waals surface area contributed by atoms with Gasteiger partial charge >= 0.3 is 0 Å². The van der Waals surface area contributed by atoms with Gasteiger partial charge in [0.2, 0.25) is 10.0 Å². The number of hydrogen-bond acceptors (Lipinski definition) is 5. The molecule has 2 aromatic carbocycles. The third-order valence-corrected chi connectivity index (χ3v) is 7.62. The van der Waals surface area contributed by atoms with Gasteiger partial charge in [-0.25, -0.2) is 13.1 Å². The van der Waals surface area contributed by atoms with E-state index in [0.717, 1.165) is 18.5 Å². The predicted molar refractivity (Wildman–Crippen MR) is 127 cm³/mol. The molecule has 0 bridgehead atoms. The number of sulfonamides is 1. The van der Waals surface area contributed by atoms with E-state index in [-0.39, 0.29) is 16.6 Å². The van der Waals surface area contributed by atoms with Crippen LogP contribution in [0.25, 0.3) is 5.69 Å². The molecule has 0 radical (unpaired) electrons. The van der Waals surface area contributed by atoms with Crippen LogP contribution in [0.15, 0.2) is 53.4 Å². The fourth-order valence-corrected chi connectivity index (χ4v) is 5.79. The average Bonchev–Trinajstić information content (AvgIpc) is 3.44. The number of nitrogens with one attached hydrogen (secondary N) is 1. The molecule has 8 nitrogen and oxygen atoms in total. The summed E-state index contributed by atoms with van der Waals surface area (Å²) in [5, 5.41) is 7.37. The lowest BCUT2D eigenvalue weighted by molar-refractivity contribution is 0.102. The van der Waals surface area contributed by atoms with E-state index in [0.29, 0.717) is 42.3 Å². The van der Waals surface area contributed by atoms with Gasteiger partial charge in [-0.3, -0.25) is 4.79 Å². The summed E-state index contributed by atoms with van der Waals surface area (Å²) in [6.45, 7) is 6.73. The van der Waals surface area contributed by atoms with Crippen LogP contribution in [0.1, 0.15) is 41.5 Å². The molecule has 1 aliphatic rings. The van der Waals surface area contributed by atoms with Crippen molar-refractivity contribution in [3.05, 3.63) is 65.5 Å². The second kappa shape index (κ2) is 9.36. The molecule has 0 atom stereocenters. The van der Waals surface area contributed by atoms with Crippen molar-refractivity contribution < 1.29 is 17.9 Å². The van der Waals surface area contributed by atoms with E-state index < -0.39 is 10.0 Å². The number of hydrogen-bond donors (Lipinski definition) is 1. The van der Waals surface area contributed by atoms with E-state index in [1.807, 2.05) is 37.3 Å². The van der Waals surface area contributed by atoms with E-state index in [2.05, 4.69) is 10.4 Å². The number of benzene rings is 2. The highest BCUT2D eigenvalue weighted by molar-refractivity contribution is 7.89. The molecule has 1 amide bonds. The number of anilines is 1. The largest absolute Gasteiger partial charge is 0.492 e. The number of aryl methyl sites for hydroxylation is 1. The maximum atomic E-state index is 13.2. The van der Waals surface area contributed by atoms with Crippen LogP contribution in [0.3, 0.4) is 0 Å². The Bertz CT molecular complexity index is 1260. The van der Waals surface area contributed by atoms with Crippen molar-refractivity contribution in [3.63, 3.8) is 0 Å². The highest BCUT2D eigenvalue weighted by Gasteiger charge is 2.30. The van der Waals surface area contributed by atoms with Gasteiger partial charge in [0, 0.05) is 18.8 Å². The molecule has 1 saturated heterocycles. The number of para-hydroxylation sites is 1. The second-order valence-corrected chi connectivity index (χ2v) is 9.86. The Balaban J connectivity index is 1.66. The first-order valence-electron chi connectivity index (χ1n) is 11.0. The standard InChI is InChI=1S/C24H28N4O4S/c1-4-32-21-13-12-19(16-22(21)33(30,31)27-14-8-9-15-27)25-24(29)23-17(2)26-28(18(23)3)20-10-6-5-7-11-20/h5-7,10-13,16H,4,8-9,14-15H2,1-3H3,(H,25,29). The van der Waals surface area contributed by atoms with Crippen LogP contribution >= 0.6 is 0 Å². The monoisotopic (exact) mass is 468 g/mol. The highest BCUT2D eigenvalue weighted by Crippen LogP contribution is 2.32. The van der Waals surface area contributed by atoms with Crippen molar-refractivity contribution in [2.75, 3.05) is 25.0 Å². The summed E-state index contributed by atoms with van der Waals surface area (Å²) < 4.78 is 35.2. The van der Waals surface area contributed by atoms with Crippen LogP contribution in [-0.2, 0) is 10.0 Å². The maximum absolute atomic E-state index is 13.2. The molecular formula is C24H28N4O4S. The van der Waals surface area contributed by atoms with Crippen LogP contribution in [0.5, 0.6) is 5.75 Å². The average molecular weight is 469 g/mol. The summed E-state index contributed by atoms with van der Waals surface area (Å²) in [6, 6.07) is 14.3. The molecule has 0 unspecified atom stereocenters. The van der Waals surface area contributed by atoms with E-state index in [1.165, 1.54) is 10.4 Å². The number of amides is 1. The highest BCUT2D eigenvalue weighted by atomic mass is 32.2. The van der Waals surface area contributed by atoms with Crippen LogP contribution in [0.4, 0.5) is 5.69 Å². The van der Waals surface area contributed by atoms with Crippen molar-refractivity contribution in [2.45, 2.75) is 38.5 Å². The van der Waals surface area contributed by atoms with Crippen molar-refractivity contribution in [1.82, 2.24) is 14.1 Å². The van der Waals surface area contributed by atoms with Crippen molar-refractivity contribution in [1.29, 1.82) is 0 Å². The first-order valence-corrected chi connectivity index (χ1v) is 12.5. The molecule has 1 aromatic heterocycles. The first-order chi connectivity index (χ1) is 15.8. The van der Waals surface area contributed by atoms with Gasteiger partial charge in [0.05, 0.1) is 29.2 Å². The van der Waals surface area contributed by atoms with Crippen molar-refractivity contribution >= 4 is 21.6 Å². The van der Waals surface area contributed by atoms with Crippen LogP contribution < -0.4 is 10.1 Å². The number of carbonyl (C=O) groups is 1. The van der Waals surface area contributed by atoms with E-state index in [1.54, 1.807) is 30.7 Å². The van der Waals surface area contributed by atoms with Crippen molar-refractivity contribution in [2.24, 2.45) is 0 Å². The Morgan fingerprint density at radius 3 is 2.45 bits per heavy atom. The number of nitrogens with zero attached hydrogens (tertiary/aromatic N) is 3. The van der Waals surface area contributed by atoms with Gasteiger partial charge in [-0.1, -0.05) is 18.2 Å². The fourth-order valence-electron chi connectivity index (χ4n) is 4.12. The summed E-state index contributed by atoms with van der Waals surface area (Å²) in [5.41, 5.74) is 2.98. The van der Waals surface area contributed by atoms with E-state index >= 15 is 0 Å². The summed E-state index contributed by atoms with van der Waals surface area (Å²) in [4.78, 5) is 13.2. The van der Waals surface area contributed by atoms with Crippen LogP contribution in [0.2, 0.25) is 0 Å². The molecule has 9 heteroatoms. The molecule has 4 rings (SSSR count). The Hall–Kier alpha value is -3.17. The lowest BCUT2D eigenvalue weighted by Gasteiger charge is -2.19. The third-order valence-electron chi connectivity index (χ3n) is 5.70. The molecule has 33 heavy (non-hydrogen) atoms. The summed E-state index contributed by atoms with van der Waals surface area (Å²) in [5.74, 6) is -0.0625. The van der Waals surface area contributed by atoms with Crippen molar-refractivity contribution in [3.8, 4) is 11.4 Å². The molecular weight excluding hydrogens is 440 g/mol. The van der Waals surface area contributed by atoms with Crippen LogP contribution in [-0.4, -0.2) is 48.1 Å². The minimum absolute atomic E-state index is 0.0671. The second-order valence-electron chi connectivity index (χ2n) is 7.95. The van der Waals surface area contributed by atoms with Crippen LogP contribution in [0, 0.1) is 13.8 Å². The zero-order valence-electron chi connectivity index (χ0n) is 19.0. The maximum Gasteiger partial charge on any atom is 0.259 e. The SMILES string of the molecule is CCOc1ccc(NC(=O)c2c(C)nn(-c3ccccc3)c2C)cc1S(=O)(=O)N1CCCC1. The smallest absolute Gasteiger partial charge is 0.259 e. The van der Waals surface area contributed by atoms with Gasteiger partial charge in [0.1, 0.15) is 10.6 Å². The Labute approximate surface area is 194 Å². The number of rotatable bonds is 7. The molecule has 0 saturated carbocycles. The quantitative estimate of drug-likeness (QED) is 0.567. The summed E-state index contributed by atoms with van der Waals surface area (Å²) in [7, 11) is -3.72. The molecule has 1 fully saturated rings. The zero-order valence-corrected chi connectivity index (χ0v) is 19.9. The molecule has 2 heterocycles. The fraction of sp³-hybridized carbons (Fsp3) is 0.333. The van der Waals surface area contributed by atoms with Gasteiger partial charge in [-0.2, -0.15) is 9.40 Å². The third kappa shape index (κ3) is 4.51. The minimum atomic E-state index is -3.72. The van der Waals surface area contributed by atoms with Gasteiger partial charge < -0.3 is 10.1 Å². The lowest BCUT2D eigenvalue weighted by Crippen LogP contribution is -2.28. The topological polar surface area (TPSA) is 93.5 Å². The zero-order chi connectivity index (χ0) is 23.6. The van der Waals surface area contributed by atoms with Gasteiger partial charge in [-0.15, -0.1) is 0 Å². The molecule has 0 aliphatic carbocycles. The van der Waals surface area contributed by atoms with Gasteiger partial charge in [0.15, 0.2) is 0 Å². The molecule has 0 spiro atoms. The molecule has 174 valence electrons. The first kappa shape index (κ1) is 23.0. The number of ether oxygens (including phenoxy) is 1. The molecule has 1 aliphatic heterocycles. The lowest BCUT2D eigenvalue weighted by atomic mass is 10.1. The van der Waals surface area contributed by atoms with Gasteiger partial charge in [0.25, 0.3) is 5.91 Å². The Morgan fingerprint density at radius 2 is 1.79 bits per heavy atom. The number of carbonyl (C=O) groups excluding carboxylic acids is 1. The molecule has 1 N–H and O–H groups in total. The van der Waals surface area contributed by atoms with E-state index in [4.69, 9.17) is 4.74 Å². The minimum Gasteiger partial charge on any atom is -0.492 e. The summed E-state index contributed by atoms with van der Waals surface area (Å²) >= 11 is 0. The normalized spacial score (nSPS) is 14.4. The number of aromatic nitrogens is 2. The van der Waals surface area contributed by atoms with Gasteiger partial charge in [-0.05, 0) is 63.9 Å². The summed E-state index contributed by atoms with van der Waals surface area (Å²) in [6.07, 6.45) is 1.67. The van der Waals surface area contributed by atoms with E-state index in [9.17, 15) is 13.2 Å².